The Kier molecular flexibility index (Phi) is 4.82. The van der Waals surface area contributed by atoms with Crippen LogP contribution in [-0.2, 0) is 9.59 Å². The summed E-state index contributed by atoms with van der Waals surface area (Å²) in [6.45, 7) is 2.86. The van der Waals surface area contributed by atoms with Gasteiger partial charge in [-0.1, -0.05) is 18.2 Å². The van der Waals surface area contributed by atoms with Crippen LogP contribution in [0.1, 0.15) is 13.3 Å². The quantitative estimate of drug-likeness (QED) is 0.500. The fraction of sp³-hybridized carbons (Fsp3) is 0.200. The Morgan fingerprint density at radius 2 is 1.84 bits per heavy atom. The van der Waals surface area contributed by atoms with Crippen molar-refractivity contribution in [1.29, 1.82) is 0 Å². The number of amides is 2. The molecule has 0 radical (unpaired) electrons. The number of carbonyl (C=O) groups excluding carboxylic acids is 2. The lowest BCUT2D eigenvalue weighted by Crippen LogP contribution is -2.28. The minimum absolute atomic E-state index is 0.0583. The molecule has 6 nitrogen and oxygen atoms in total. The second-order valence-corrected chi connectivity index (χ2v) is 7.63. The zero-order valence-corrected chi connectivity index (χ0v) is 17.1. The Hall–Kier alpha value is -3.80. The van der Waals surface area contributed by atoms with Crippen molar-refractivity contribution in [3.05, 3.63) is 66.7 Å². The van der Waals surface area contributed by atoms with Gasteiger partial charge >= 0.3 is 0 Å². The molecule has 1 aliphatic heterocycles. The highest BCUT2D eigenvalue weighted by atomic mass is 16.5. The maximum atomic E-state index is 12.8. The van der Waals surface area contributed by atoms with Crippen LogP contribution in [0.15, 0.2) is 71.1 Å². The van der Waals surface area contributed by atoms with Crippen LogP contribution in [0.5, 0.6) is 5.75 Å². The summed E-state index contributed by atoms with van der Waals surface area (Å²) in [6, 6.07) is 20.8. The normalized spacial score (nSPS) is 16.2. The van der Waals surface area contributed by atoms with Crippen LogP contribution >= 0.6 is 0 Å². The molecule has 0 spiro atoms. The first-order valence-electron chi connectivity index (χ1n) is 10.4. The number of nitrogens with zero attached hydrogens (tertiary/aromatic N) is 1. The lowest BCUT2D eigenvalue weighted by Gasteiger charge is -2.17. The predicted molar refractivity (Wildman–Crippen MR) is 120 cm³/mol. The molecule has 0 saturated carbocycles. The topological polar surface area (TPSA) is 71.8 Å². The summed E-state index contributed by atoms with van der Waals surface area (Å²) in [6.07, 6.45) is 0.186. The summed E-state index contributed by atoms with van der Waals surface area (Å²) in [5, 5.41) is 4.99. The van der Waals surface area contributed by atoms with Gasteiger partial charge in [-0.3, -0.25) is 9.59 Å². The molecule has 1 fully saturated rings. The predicted octanol–water partition coefficient (Wildman–Crippen LogP) is 4.98. The van der Waals surface area contributed by atoms with Crippen LogP contribution < -0.4 is 15.0 Å². The number of carbonyl (C=O) groups is 2. The van der Waals surface area contributed by atoms with E-state index in [-0.39, 0.29) is 18.2 Å². The highest BCUT2D eigenvalue weighted by Crippen LogP contribution is 2.31. The molecule has 1 aromatic heterocycles. The molecular formula is C25H22N2O4. The van der Waals surface area contributed by atoms with Crippen LogP contribution in [0, 0.1) is 5.92 Å². The molecule has 5 rings (SSSR count). The minimum atomic E-state index is -0.412. The Morgan fingerprint density at radius 1 is 1.06 bits per heavy atom. The smallest absolute Gasteiger partial charge is 0.229 e. The van der Waals surface area contributed by atoms with Gasteiger partial charge in [-0.25, -0.2) is 0 Å². The van der Waals surface area contributed by atoms with Gasteiger partial charge in [0, 0.05) is 41.2 Å². The molecule has 156 valence electrons. The van der Waals surface area contributed by atoms with E-state index in [9.17, 15) is 9.59 Å². The van der Waals surface area contributed by atoms with Crippen molar-refractivity contribution in [3.63, 3.8) is 0 Å². The van der Waals surface area contributed by atoms with Gasteiger partial charge in [0.15, 0.2) is 0 Å². The average Bonchev–Trinajstić information content (AvgIpc) is 3.34. The first-order chi connectivity index (χ1) is 15.1. The molecule has 0 bridgehead atoms. The van der Waals surface area contributed by atoms with Gasteiger partial charge in [-0.05, 0) is 49.4 Å². The number of ether oxygens (including phenoxy) is 1. The van der Waals surface area contributed by atoms with Crippen molar-refractivity contribution >= 4 is 45.1 Å². The Labute approximate surface area is 179 Å². The molecule has 2 amide bonds. The molecule has 4 aromatic rings. The van der Waals surface area contributed by atoms with E-state index in [2.05, 4.69) is 5.32 Å². The van der Waals surface area contributed by atoms with E-state index in [1.165, 1.54) is 0 Å². The van der Waals surface area contributed by atoms with Crippen molar-refractivity contribution in [3.8, 4) is 5.75 Å². The molecule has 0 aliphatic carbocycles. The third-order valence-corrected chi connectivity index (χ3v) is 5.60. The lowest BCUT2D eigenvalue weighted by atomic mass is 10.1. The largest absolute Gasteiger partial charge is 0.494 e. The van der Waals surface area contributed by atoms with E-state index in [0.29, 0.717) is 18.8 Å². The average molecular weight is 414 g/mol. The molecule has 3 aromatic carbocycles. The van der Waals surface area contributed by atoms with Gasteiger partial charge in [0.2, 0.25) is 11.8 Å². The third kappa shape index (κ3) is 3.61. The summed E-state index contributed by atoms with van der Waals surface area (Å²) < 4.78 is 11.3. The SMILES string of the molecule is CCOc1ccc(N2C[C@H](C(=O)Nc3ccc4c(c3)oc3ccccc34)CC2=O)cc1. The summed E-state index contributed by atoms with van der Waals surface area (Å²) in [5.41, 5.74) is 2.96. The summed E-state index contributed by atoms with van der Waals surface area (Å²) in [4.78, 5) is 27.0. The Morgan fingerprint density at radius 3 is 2.65 bits per heavy atom. The monoisotopic (exact) mass is 414 g/mol. The van der Waals surface area contributed by atoms with Crippen LogP contribution in [-0.4, -0.2) is 25.0 Å². The van der Waals surface area contributed by atoms with Crippen LogP contribution in [0.3, 0.4) is 0 Å². The van der Waals surface area contributed by atoms with Crippen molar-refractivity contribution in [2.24, 2.45) is 5.92 Å². The second-order valence-electron chi connectivity index (χ2n) is 7.63. The van der Waals surface area contributed by atoms with Crippen molar-refractivity contribution < 1.29 is 18.7 Å². The van der Waals surface area contributed by atoms with Crippen LogP contribution in [0.25, 0.3) is 21.9 Å². The number of fused-ring (bicyclic) bond motifs is 3. The first-order valence-corrected chi connectivity index (χ1v) is 10.4. The number of hydrogen-bond donors (Lipinski definition) is 1. The third-order valence-electron chi connectivity index (χ3n) is 5.60. The fourth-order valence-corrected chi connectivity index (χ4v) is 4.07. The molecular weight excluding hydrogens is 392 g/mol. The Bertz CT molecular complexity index is 1280. The summed E-state index contributed by atoms with van der Waals surface area (Å²) in [5.74, 6) is 0.118. The number of hydrogen-bond acceptors (Lipinski definition) is 4. The first kappa shape index (κ1) is 19.2. The number of nitrogens with one attached hydrogen (secondary N) is 1. The van der Waals surface area contributed by atoms with Gasteiger partial charge in [0.1, 0.15) is 16.9 Å². The van der Waals surface area contributed by atoms with Gasteiger partial charge in [0.05, 0.1) is 12.5 Å². The fourth-order valence-electron chi connectivity index (χ4n) is 4.07. The molecule has 0 unspecified atom stereocenters. The molecule has 1 N–H and O–H groups in total. The highest BCUT2D eigenvalue weighted by Gasteiger charge is 2.35. The Balaban J connectivity index is 1.30. The molecule has 6 heteroatoms. The number of para-hydroxylation sites is 1. The highest BCUT2D eigenvalue weighted by molar-refractivity contribution is 6.07. The molecule has 1 aliphatic rings. The van der Waals surface area contributed by atoms with E-state index in [4.69, 9.17) is 9.15 Å². The number of benzene rings is 3. The van der Waals surface area contributed by atoms with Gasteiger partial charge in [0.25, 0.3) is 0 Å². The second kappa shape index (κ2) is 7.80. The molecule has 31 heavy (non-hydrogen) atoms. The van der Waals surface area contributed by atoms with E-state index in [1.54, 1.807) is 4.90 Å². The minimum Gasteiger partial charge on any atom is -0.494 e. The zero-order chi connectivity index (χ0) is 21.4. The van der Waals surface area contributed by atoms with Gasteiger partial charge in [-0.2, -0.15) is 0 Å². The maximum absolute atomic E-state index is 12.8. The maximum Gasteiger partial charge on any atom is 0.229 e. The van der Waals surface area contributed by atoms with Gasteiger partial charge < -0.3 is 19.4 Å². The van der Waals surface area contributed by atoms with Crippen LogP contribution in [0.2, 0.25) is 0 Å². The van der Waals surface area contributed by atoms with Crippen molar-refractivity contribution in [2.45, 2.75) is 13.3 Å². The van der Waals surface area contributed by atoms with Crippen LogP contribution in [0.4, 0.5) is 11.4 Å². The molecule has 2 heterocycles. The lowest BCUT2D eigenvalue weighted by molar-refractivity contribution is -0.122. The van der Waals surface area contributed by atoms with E-state index in [1.807, 2.05) is 73.7 Å². The van der Waals surface area contributed by atoms with Crippen molar-refractivity contribution in [1.82, 2.24) is 0 Å². The standard InChI is InChI=1S/C25H22N2O4/c1-2-30-19-10-8-18(9-11-19)27-15-16(13-24(27)28)25(29)26-17-7-12-21-20-5-3-4-6-22(20)31-23(21)14-17/h3-12,14,16H,2,13,15H2,1H3,(H,26,29)/t16-/m1/s1. The van der Waals surface area contributed by atoms with Crippen molar-refractivity contribution in [2.75, 3.05) is 23.4 Å². The zero-order valence-electron chi connectivity index (χ0n) is 17.1. The van der Waals surface area contributed by atoms with E-state index >= 15 is 0 Å². The molecule has 1 atom stereocenters. The summed E-state index contributed by atoms with van der Waals surface area (Å²) in [7, 11) is 0. The summed E-state index contributed by atoms with van der Waals surface area (Å²) >= 11 is 0. The number of furan rings is 1. The van der Waals surface area contributed by atoms with E-state index < -0.39 is 5.92 Å². The molecule has 1 saturated heterocycles. The van der Waals surface area contributed by atoms with Gasteiger partial charge in [-0.15, -0.1) is 0 Å². The number of rotatable bonds is 5. The van der Waals surface area contributed by atoms with E-state index in [0.717, 1.165) is 33.4 Å². The number of anilines is 2.